The van der Waals surface area contributed by atoms with Gasteiger partial charge in [0.15, 0.2) is 0 Å². The van der Waals surface area contributed by atoms with E-state index in [9.17, 15) is 9.18 Å². The van der Waals surface area contributed by atoms with Gasteiger partial charge in [-0.05, 0) is 36.6 Å². The molecule has 2 rings (SSSR count). The highest BCUT2D eigenvalue weighted by Crippen LogP contribution is 2.24. The Morgan fingerprint density at radius 1 is 1.35 bits per heavy atom. The number of anilines is 1. The normalized spacial score (nSPS) is 15.7. The molecular formula is C13H14FNO2. The highest BCUT2D eigenvalue weighted by Gasteiger charge is 2.15. The fraction of sp³-hybridized carbons (Fsp3) is 0.308. The molecule has 17 heavy (non-hydrogen) atoms. The standard InChI is InChI=1S/C13H14FNO2/c14-11-9-10(4-6-13(16)17)3-5-12(11)15-7-1-2-8-15/h3-6,9H,1-2,7-8H2,(H,16,17)/b6-4+. The maximum atomic E-state index is 13.8. The van der Waals surface area contributed by atoms with Crippen LogP contribution in [0.5, 0.6) is 0 Å². The third-order valence-corrected chi connectivity index (χ3v) is 2.84. The number of carboxylic acid groups (broad SMARTS) is 1. The molecule has 0 saturated carbocycles. The molecular weight excluding hydrogens is 221 g/mol. The monoisotopic (exact) mass is 235 g/mol. The van der Waals surface area contributed by atoms with E-state index in [2.05, 4.69) is 0 Å². The van der Waals surface area contributed by atoms with E-state index in [-0.39, 0.29) is 5.82 Å². The summed E-state index contributed by atoms with van der Waals surface area (Å²) in [6.45, 7) is 1.78. The number of rotatable bonds is 3. The number of halogens is 1. The van der Waals surface area contributed by atoms with E-state index in [1.54, 1.807) is 12.1 Å². The van der Waals surface area contributed by atoms with E-state index in [1.165, 1.54) is 12.1 Å². The van der Waals surface area contributed by atoms with Crippen LogP contribution in [-0.4, -0.2) is 24.2 Å². The third-order valence-electron chi connectivity index (χ3n) is 2.84. The Bertz CT molecular complexity index is 451. The second kappa shape index (κ2) is 4.99. The van der Waals surface area contributed by atoms with E-state index in [4.69, 9.17) is 5.11 Å². The average molecular weight is 235 g/mol. The molecule has 0 aliphatic carbocycles. The molecule has 0 aromatic heterocycles. The van der Waals surface area contributed by atoms with Gasteiger partial charge >= 0.3 is 5.97 Å². The summed E-state index contributed by atoms with van der Waals surface area (Å²) in [5.74, 6) is -1.33. The van der Waals surface area contributed by atoms with E-state index in [0.717, 1.165) is 32.0 Å². The zero-order valence-corrected chi connectivity index (χ0v) is 9.40. The molecule has 1 aliphatic rings. The van der Waals surface area contributed by atoms with Gasteiger partial charge < -0.3 is 10.0 Å². The summed E-state index contributed by atoms with van der Waals surface area (Å²) in [4.78, 5) is 12.4. The van der Waals surface area contributed by atoms with Crippen LogP contribution in [0.25, 0.3) is 6.08 Å². The zero-order valence-electron chi connectivity index (χ0n) is 9.40. The molecule has 3 nitrogen and oxygen atoms in total. The van der Waals surface area contributed by atoms with E-state index in [1.807, 2.05) is 4.90 Å². The van der Waals surface area contributed by atoms with Gasteiger partial charge in [0.2, 0.25) is 0 Å². The van der Waals surface area contributed by atoms with E-state index < -0.39 is 5.97 Å². The Hall–Kier alpha value is -1.84. The van der Waals surface area contributed by atoms with Gasteiger partial charge in [0.1, 0.15) is 5.82 Å². The second-order valence-electron chi connectivity index (χ2n) is 4.08. The van der Waals surface area contributed by atoms with Crippen molar-refractivity contribution in [3.05, 3.63) is 35.7 Å². The fourth-order valence-corrected chi connectivity index (χ4v) is 2.01. The summed E-state index contributed by atoms with van der Waals surface area (Å²) in [5.41, 5.74) is 1.17. The molecule has 0 amide bonds. The highest BCUT2D eigenvalue weighted by molar-refractivity contribution is 5.85. The molecule has 0 atom stereocenters. The maximum Gasteiger partial charge on any atom is 0.328 e. The first-order valence-corrected chi connectivity index (χ1v) is 5.62. The van der Waals surface area contributed by atoms with Crippen LogP contribution in [0.2, 0.25) is 0 Å². The van der Waals surface area contributed by atoms with Gasteiger partial charge in [0.25, 0.3) is 0 Å². The van der Waals surface area contributed by atoms with Crippen molar-refractivity contribution >= 4 is 17.7 Å². The molecule has 1 N–H and O–H groups in total. The number of carbonyl (C=O) groups is 1. The molecule has 1 aromatic rings. The highest BCUT2D eigenvalue weighted by atomic mass is 19.1. The summed E-state index contributed by atoms with van der Waals surface area (Å²) in [6.07, 6.45) is 4.59. The Morgan fingerprint density at radius 3 is 2.65 bits per heavy atom. The first-order chi connectivity index (χ1) is 8.16. The SMILES string of the molecule is O=C(O)/C=C/c1ccc(N2CCCC2)c(F)c1. The molecule has 90 valence electrons. The number of aliphatic carboxylic acids is 1. The fourth-order valence-electron chi connectivity index (χ4n) is 2.01. The predicted molar refractivity (Wildman–Crippen MR) is 64.5 cm³/mol. The van der Waals surface area contributed by atoms with Crippen molar-refractivity contribution in [2.24, 2.45) is 0 Å². The van der Waals surface area contributed by atoms with Crippen LogP contribution in [0.3, 0.4) is 0 Å². The predicted octanol–water partition coefficient (Wildman–Crippen LogP) is 2.52. The van der Waals surface area contributed by atoms with Crippen LogP contribution < -0.4 is 4.90 Å². The lowest BCUT2D eigenvalue weighted by Gasteiger charge is -2.18. The quantitative estimate of drug-likeness (QED) is 0.818. The minimum atomic E-state index is -1.03. The van der Waals surface area contributed by atoms with Crippen LogP contribution in [0.4, 0.5) is 10.1 Å². The number of hydrogen-bond donors (Lipinski definition) is 1. The zero-order chi connectivity index (χ0) is 12.3. The van der Waals surface area contributed by atoms with Crippen molar-refractivity contribution in [3.63, 3.8) is 0 Å². The molecule has 1 saturated heterocycles. The Labute approximate surface area is 99.2 Å². The Morgan fingerprint density at radius 2 is 2.06 bits per heavy atom. The number of nitrogens with zero attached hydrogens (tertiary/aromatic N) is 1. The summed E-state index contributed by atoms with van der Waals surface area (Å²) in [5, 5.41) is 8.48. The molecule has 0 radical (unpaired) electrons. The molecule has 1 heterocycles. The maximum absolute atomic E-state index is 13.8. The first kappa shape index (κ1) is 11.6. The smallest absolute Gasteiger partial charge is 0.328 e. The van der Waals surface area contributed by atoms with Crippen molar-refractivity contribution in [1.82, 2.24) is 0 Å². The van der Waals surface area contributed by atoms with Crippen molar-refractivity contribution in [2.45, 2.75) is 12.8 Å². The van der Waals surface area contributed by atoms with Crippen LogP contribution in [0.1, 0.15) is 18.4 Å². The number of carboxylic acids is 1. The lowest BCUT2D eigenvalue weighted by molar-refractivity contribution is -0.131. The second-order valence-corrected chi connectivity index (χ2v) is 4.08. The topological polar surface area (TPSA) is 40.5 Å². The average Bonchev–Trinajstić information content (AvgIpc) is 2.79. The first-order valence-electron chi connectivity index (χ1n) is 5.62. The van der Waals surface area contributed by atoms with Crippen molar-refractivity contribution in [2.75, 3.05) is 18.0 Å². The van der Waals surface area contributed by atoms with Crippen LogP contribution >= 0.6 is 0 Å². The summed E-state index contributed by atoms with van der Waals surface area (Å²) < 4.78 is 13.8. The van der Waals surface area contributed by atoms with Gasteiger partial charge in [-0.25, -0.2) is 9.18 Å². The molecule has 0 spiro atoms. The van der Waals surface area contributed by atoms with Crippen LogP contribution in [-0.2, 0) is 4.79 Å². The van der Waals surface area contributed by atoms with Crippen LogP contribution in [0.15, 0.2) is 24.3 Å². The molecule has 1 aliphatic heterocycles. The number of hydrogen-bond acceptors (Lipinski definition) is 2. The lowest BCUT2D eigenvalue weighted by Crippen LogP contribution is -2.18. The molecule has 4 heteroatoms. The lowest BCUT2D eigenvalue weighted by atomic mass is 10.1. The third kappa shape index (κ3) is 2.84. The Balaban J connectivity index is 2.19. The van der Waals surface area contributed by atoms with Crippen molar-refractivity contribution < 1.29 is 14.3 Å². The summed E-state index contributed by atoms with van der Waals surface area (Å²) >= 11 is 0. The van der Waals surface area contributed by atoms with Gasteiger partial charge in [0, 0.05) is 19.2 Å². The Kier molecular flexibility index (Phi) is 3.42. The van der Waals surface area contributed by atoms with Gasteiger partial charge in [-0.2, -0.15) is 0 Å². The van der Waals surface area contributed by atoms with Gasteiger partial charge in [-0.3, -0.25) is 0 Å². The molecule has 0 unspecified atom stereocenters. The van der Waals surface area contributed by atoms with E-state index >= 15 is 0 Å². The largest absolute Gasteiger partial charge is 0.478 e. The molecule has 1 fully saturated rings. The summed E-state index contributed by atoms with van der Waals surface area (Å²) in [7, 11) is 0. The van der Waals surface area contributed by atoms with Gasteiger partial charge in [0.05, 0.1) is 5.69 Å². The summed E-state index contributed by atoms with van der Waals surface area (Å²) in [6, 6.07) is 4.81. The minimum Gasteiger partial charge on any atom is -0.478 e. The number of benzene rings is 1. The van der Waals surface area contributed by atoms with E-state index in [0.29, 0.717) is 11.3 Å². The van der Waals surface area contributed by atoms with Crippen LogP contribution in [0, 0.1) is 5.82 Å². The van der Waals surface area contributed by atoms with Crippen molar-refractivity contribution in [1.29, 1.82) is 0 Å². The molecule has 1 aromatic carbocycles. The van der Waals surface area contributed by atoms with Crippen molar-refractivity contribution in [3.8, 4) is 0 Å². The van der Waals surface area contributed by atoms with Gasteiger partial charge in [-0.15, -0.1) is 0 Å². The molecule has 0 bridgehead atoms. The van der Waals surface area contributed by atoms with Gasteiger partial charge in [-0.1, -0.05) is 6.07 Å². The minimum absolute atomic E-state index is 0.292.